The SMILES string of the molecule is Cc1cccc(NC(=O)COc2cccc(Cl)c2C#N)c1. The van der Waals surface area contributed by atoms with Crippen molar-refractivity contribution in [1.82, 2.24) is 0 Å². The molecule has 0 radical (unpaired) electrons. The van der Waals surface area contributed by atoms with Gasteiger partial charge in [0.1, 0.15) is 17.4 Å². The standard InChI is InChI=1S/C16H13ClN2O2/c1-11-4-2-5-12(8-11)19-16(20)10-21-15-7-3-6-14(17)13(15)9-18/h2-8H,10H2,1H3,(H,19,20). The first kappa shape index (κ1) is 14.9. The summed E-state index contributed by atoms with van der Waals surface area (Å²) in [6.45, 7) is 1.75. The van der Waals surface area contributed by atoms with Crippen LogP contribution in [0.2, 0.25) is 5.02 Å². The van der Waals surface area contributed by atoms with Crippen LogP contribution < -0.4 is 10.1 Å². The minimum Gasteiger partial charge on any atom is -0.482 e. The minimum absolute atomic E-state index is 0.192. The van der Waals surface area contributed by atoms with E-state index in [-0.39, 0.29) is 18.1 Å². The number of aryl methyl sites for hydroxylation is 1. The number of anilines is 1. The van der Waals surface area contributed by atoms with Gasteiger partial charge in [0.15, 0.2) is 6.61 Å². The molecule has 1 amide bonds. The Morgan fingerprint density at radius 2 is 2.10 bits per heavy atom. The van der Waals surface area contributed by atoms with Crippen LogP contribution in [-0.2, 0) is 4.79 Å². The van der Waals surface area contributed by atoms with Gasteiger partial charge in [-0.2, -0.15) is 5.26 Å². The number of nitriles is 1. The van der Waals surface area contributed by atoms with Gasteiger partial charge in [0.2, 0.25) is 0 Å². The van der Waals surface area contributed by atoms with Crippen molar-refractivity contribution in [3.63, 3.8) is 0 Å². The first-order valence-corrected chi connectivity index (χ1v) is 6.66. The molecule has 0 spiro atoms. The van der Waals surface area contributed by atoms with Crippen molar-refractivity contribution in [3.8, 4) is 11.8 Å². The van der Waals surface area contributed by atoms with Crippen LogP contribution in [-0.4, -0.2) is 12.5 Å². The second-order valence-corrected chi connectivity index (χ2v) is 4.84. The number of ether oxygens (including phenoxy) is 1. The highest BCUT2D eigenvalue weighted by atomic mass is 35.5. The number of benzene rings is 2. The molecule has 0 aromatic heterocycles. The van der Waals surface area contributed by atoms with Gasteiger partial charge in [-0.3, -0.25) is 4.79 Å². The summed E-state index contributed by atoms with van der Waals surface area (Å²) in [5.41, 5.74) is 1.98. The predicted octanol–water partition coefficient (Wildman–Crippen LogP) is 3.54. The maximum Gasteiger partial charge on any atom is 0.262 e. The van der Waals surface area contributed by atoms with Gasteiger partial charge in [-0.05, 0) is 36.8 Å². The van der Waals surface area contributed by atoms with Gasteiger partial charge in [0.25, 0.3) is 5.91 Å². The third-order valence-corrected chi connectivity index (χ3v) is 3.06. The molecule has 106 valence electrons. The van der Waals surface area contributed by atoms with E-state index in [4.69, 9.17) is 21.6 Å². The average molecular weight is 301 g/mol. The molecule has 4 nitrogen and oxygen atoms in total. The maximum atomic E-state index is 11.8. The largest absolute Gasteiger partial charge is 0.482 e. The molecule has 0 aliphatic heterocycles. The van der Waals surface area contributed by atoms with Crippen LogP contribution in [0, 0.1) is 18.3 Å². The zero-order valence-corrected chi connectivity index (χ0v) is 12.1. The fraction of sp³-hybridized carbons (Fsp3) is 0.125. The fourth-order valence-electron chi connectivity index (χ4n) is 1.80. The van der Waals surface area contributed by atoms with Gasteiger partial charge in [0.05, 0.1) is 5.02 Å². The molecular formula is C16H13ClN2O2. The first-order valence-electron chi connectivity index (χ1n) is 6.28. The van der Waals surface area contributed by atoms with Crippen molar-refractivity contribution in [2.75, 3.05) is 11.9 Å². The first-order chi connectivity index (χ1) is 10.1. The van der Waals surface area contributed by atoms with E-state index in [0.717, 1.165) is 5.56 Å². The van der Waals surface area contributed by atoms with Gasteiger partial charge < -0.3 is 10.1 Å². The van der Waals surface area contributed by atoms with Crippen molar-refractivity contribution in [3.05, 3.63) is 58.6 Å². The number of nitrogens with one attached hydrogen (secondary N) is 1. The maximum absolute atomic E-state index is 11.8. The Hall–Kier alpha value is -2.51. The van der Waals surface area contributed by atoms with Crippen molar-refractivity contribution in [2.24, 2.45) is 0 Å². The van der Waals surface area contributed by atoms with Gasteiger partial charge in [-0.15, -0.1) is 0 Å². The van der Waals surface area contributed by atoms with Gasteiger partial charge in [-0.1, -0.05) is 29.8 Å². The summed E-state index contributed by atoms with van der Waals surface area (Å²) in [5.74, 6) is -0.00569. The molecule has 0 heterocycles. The summed E-state index contributed by atoms with van der Waals surface area (Å²) in [5, 5.41) is 12.0. The number of hydrogen-bond donors (Lipinski definition) is 1. The molecule has 0 aliphatic rings. The van der Waals surface area contributed by atoms with E-state index in [0.29, 0.717) is 16.5 Å². The molecule has 2 aromatic rings. The number of halogens is 1. The average Bonchev–Trinajstić information content (AvgIpc) is 2.45. The molecule has 0 atom stereocenters. The molecule has 0 saturated heterocycles. The van der Waals surface area contributed by atoms with Gasteiger partial charge in [-0.25, -0.2) is 0 Å². The lowest BCUT2D eigenvalue weighted by atomic mass is 10.2. The Balaban J connectivity index is 1.99. The molecule has 0 aliphatic carbocycles. The van der Waals surface area contributed by atoms with E-state index in [1.165, 1.54) is 0 Å². The van der Waals surface area contributed by atoms with E-state index < -0.39 is 0 Å². The monoisotopic (exact) mass is 300 g/mol. The second-order valence-electron chi connectivity index (χ2n) is 4.43. The third-order valence-electron chi connectivity index (χ3n) is 2.75. The molecule has 5 heteroatoms. The molecule has 0 fully saturated rings. The predicted molar refractivity (Wildman–Crippen MR) is 81.5 cm³/mol. The summed E-state index contributed by atoms with van der Waals surface area (Å²) < 4.78 is 5.35. The second kappa shape index (κ2) is 6.78. The Bertz CT molecular complexity index is 708. The highest BCUT2D eigenvalue weighted by Gasteiger charge is 2.10. The van der Waals surface area contributed by atoms with Crippen molar-refractivity contribution >= 4 is 23.2 Å². The molecule has 1 N–H and O–H groups in total. The Kier molecular flexibility index (Phi) is 4.81. The minimum atomic E-state index is -0.301. The quantitative estimate of drug-likeness (QED) is 0.939. The van der Waals surface area contributed by atoms with E-state index in [1.54, 1.807) is 24.3 Å². The highest BCUT2D eigenvalue weighted by molar-refractivity contribution is 6.31. The molecule has 2 aromatic carbocycles. The molecule has 0 bridgehead atoms. The molecule has 21 heavy (non-hydrogen) atoms. The smallest absolute Gasteiger partial charge is 0.262 e. The zero-order chi connectivity index (χ0) is 15.2. The summed E-state index contributed by atoms with van der Waals surface area (Å²) in [4.78, 5) is 11.8. The lowest BCUT2D eigenvalue weighted by molar-refractivity contribution is -0.118. The van der Waals surface area contributed by atoms with E-state index in [1.807, 2.05) is 31.2 Å². The molecular weight excluding hydrogens is 288 g/mol. The number of rotatable bonds is 4. The van der Waals surface area contributed by atoms with Crippen LogP contribution in [0.15, 0.2) is 42.5 Å². The number of carbonyl (C=O) groups is 1. The third kappa shape index (κ3) is 3.98. The number of amides is 1. The number of nitrogens with zero attached hydrogens (tertiary/aromatic N) is 1. The van der Waals surface area contributed by atoms with E-state index in [2.05, 4.69) is 5.32 Å². The normalized spacial score (nSPS) is 9.76. The summed E-state index contributed by atoms with van der Waals surface area (Å²) in [7, 11) is 0. The van der Waals surface area contributed by atoms with Crippen LogP contribution in [0.25, 0.3) is 0 Å². The van der Waals surface area contributed by atoms with Crippen molar-refractivity contribution < 1.29 is 9.53 Å². The lowest BCUT2D eigenvalue weighted by Crippen LogP contribution is -2.20. The summed E-state index contributed by atoms with van der Waals surface area (Å²) in [6, 6.07) is 14.3. The van der Waals surface area contributed by atoms with Crippen LogP contribution in [0.5, 0.6) is 5.75 Å². The Morgan fingerprint density at radius 1 is 1.33 bits per heavy atom. The Labute approximate surface area is 127 Å². The molecule has 0 unspecified atom stereocenters. The van der Waals surface area contributed by atoms with Gasteiger partial charge >= 0.3 is 0 Å². The molecule has 0 saturated carbocycles. The zero-order valence-electron chi connectivity index (χ0n) is 11.4. The van der Waals surface area contributed by atoms with Crippen molar-refractivity contribution in [2.45, 2.75) is 6.92 Å². The Morgan fingerprint density at radius 3 is 2.81 bits per heavy atom. The van der Waals surface area contributed by atoms with Crippen LogP contribution >= 0.6 is 11.6 Å². The van der Waals surface area contributed by atoms with E-state index in [9.17, 15) is 4.79 Å². The number of hydrogen-bond acceptors (Lipinski definition) is 3. The lowest BCUT2D eigenvalue weighted by Gasteiger charge is -2.09. The topological polar surface area (TPSA) is 62.1 Å². The fourth-order valence-corrected chi connectivity index (χ4v) is 2.00. The highest BCUT2D eigenvalue weighted by Crippen LogP contribution is 2.25. The van der Waals surface area contributed by atoms with Crippen LogP contribution in [0.4, 0.5) is 5.69 Å². The van der Waals surface area contributed by atoms with Crippen molar-refractivity contribution in [1.29, 1.82) is 5.26 Å². The van der Waals surface area contributed by atoms with Crippen LogP contribution in [0.1, 0.15) is 11.1 Å². The summed E-state index contributed by atoms with van der Waals surface area (Å²) in [6.07, 6.45) is 0. The van der Waals surface area contributed by atoms with Crippen LogP contribution in [0.3, 0.4) is 0 Å². The van der Waals surface area contributed by atoms with Gasteiger partial charge in [0, 0.05) is 5.69 Å². The molecule has 2 rings (SSSR count). The summed E-state index contributed by atoms with van der Waals surface area (Å²) >= 11 is 5.89. The van der Waals surface area contributed by atoms with E-state index >= 15 is 0 Å². The number of carbonyl (C=O) groups excluding carboxylic acids is 1.